The zero-order chi connectivity index (χ0) is 16.8. The largest absolute Gasteiger partial charge is 0.0991 e. The van der Waals surface area contributed by atoms with E-state index in [1.54, 1.807) is 36.5 Å². The van der Waals surface area contributed by atoms with Crippen molar-refractivity contribution in [2.45, 2.75) is 0 Å². The van der Waals surface area contributed by atoms with Gasteiger partial charge in [-0.2, -0.15) is 0 Å². The summed E-state index contributed by atoms with van der Waals surface area (Å²) >= 11 is 0. The van der Waals surface area contributed by atoms with E-state index in [-0.39, 0.29) is 0 Å². The molecule has 0 spiro atoms. The summed E-state index contributed by atoms with van der Waals surface area (Å²) in [5, 5.41) is 0. The van der Waals surface area contributed by atoms with Gasteiger partial charge in [0.25, 0.3) is 0 Å². The molecule has 0 heterocycles. The van der Waals surface area contributed by atoms with E-state index < -0.39 is 0 Å². The fourth-order valence-electron chi connectivity index (χ4n) is 1.69. The van der Waals surface area contributed by atoms with Gasteiger partial charge in [0.2, 0.25) is 0 Å². The van der Waals surface area contributed by atoms with Gasteiger partial charge in [-0.15, -0.1) is 0 Å². The molecule has 0 radical (unpaired) electrons. The lowest BCUT2D eigenvalue weighted by molar-refractivity contribution is 1.49. The highest BCUT2D eigenvalue weighted by Crippen LogP contribution is 2.20. The van der Waals surface area contributed by atoms with Gasteiger partial charge < -0.3 is 0 Å². The van der Waals surface area contributed by atoms with Gasteiger partial charge in [0.1, 0.15) is 0 Å². The fraction of sp³-hybridized carbons (Fsp3) is 0. The molecular weight excluding hydrogens is 264 g/mol. The summed E-state index contributed by atoms with van der Waals surface area (Å²) in [6, 6.07) is 0. The van der Waals surface area contributed by atoms with Crippen LogP contribution < -0.4 is 0 Å². The Hall–Kier alpha value is -2.86. The predicted molar refractivity (Wildman–Crippen MR) is 103 cm³/mol. The Morgan fingerprint density at radius 3 is 1.59 bits per heavy atom. The molecule has 0 rings (SSSR count). The Balaban J connectivity index is 6.16. The Labute approximate surface area is 135 Å². The summed E-state index contributed by atoms with van der Waals surface area (Å²) in [6.45, 7) is 22.7. The Morgan fingerprint density at radius 1 is 0.545 bits per heavy atom. The molecule has 22 heavy (non-hydrogen) atoms. The van der Waals surface area contributed by atoms with Crippen LogP contribution in [0.2, 0.25) is 0 Å². The summed E-state index contributed by atoms with van der Waals surface area (Å²) in [5.41, 5.74) is 3.86. The number of hydrogen-bond acceptors (Lipinski definition) is 0. The lowest BCUT2D eigenvalue weighted by atomic mass is 9.98. The first-order chi connectivity index (χ1) is 10.7. The van der Waals surface area contributed by atoms with E-state index in [1.165, 1.54) is 0 Å². The highest BCUT2D eigenvalue weighted by Gasteiger charge is 2.01. The molecule has 0 saturated carbocycles. The summed E-state index contributed by atoms with van der Waals surface area (Å²) in [6.07, 6.45) is 22.1. The molecule has 112 valence electrons. The van der Waals surface area contributed by atoms with E-state index in [0.29, 0.717) is 0 Å². The molecule has 0 amide bonds. The molecule has 0 N–H and O–H groups in total. The molecule has 0 aliphatic carbocycles. The van der Waals surface area contributed by atoms with Crippen LogP contribution in [0, 0.1) is 0 Å². The molecule has 0 unspecified atom stereocenters. The first-order valence-corrected chi connectivity index (χ1v) is 6.93. The minimum atomic E-state index is 0.933. The van der Waals surface area contributed by atoms with E-state index in [0.717, 1.165) is 22.3 Å². The SMILES string of the molecule is C=C/C=C\C(/C=C(C=C)/C(/C=C\C=C)=C/C=C)=C(C=C)C=C. The van der Waals surface area contributed by atoms with Gasteiger partial charge in [-0.3, -0.25) is 0 Å². The van der Waals surface area contributed by atoms with Crippen molar-refractivity contribution in [3.8, 4) is 0 Å². The average Bonchev–Trinajstić information content (AvgIpc) is 2.54. The van der Waals surface area contributed by atoms with Crippen molar-refractivity contribution < 1.29 is 0 Å². The van der Waals surface area contributed by atoms with Gasteiger partial charge in [-0.25, -0.2) is 0 Å². The molecular formula is C22H24. The molecule has 0 saturated heterocycles. The minimum Gasteiger partial charge on any atom is -0.0991 e. The number of rotatable bonds is 10. The third kappa shape index (κ3) is 6.53. The van der Waals surface area contributed by atoms with E-state index >= 15 is 0 Å². The van der Waals surface area contributed by atoms with Crippen molar-refractivity contribution in [3.05, 3.63) is 135 Å². The second-order valence-electron chi connectivity index (χ2n) is 4.17. The van der Waals surface area contributed by atoms with Gasteiger partial charge >= 0.3 is 0 Å². The maximum Gasteiger partial charge on any atom is -0.0178 e. The lowest BCUT2D eigenvalue weighted by Crippen LogP contribution is -1.87. The standard InChI is InChI=1S/C22H24/c1-7-13-16-21(15-9-3)20(12-6)18-22(17-14-8-2)19(10-4)11-5/h7-18H,1-6H2/b16-13-,17-14-,20-18+,21-15+. The van der Waals surface area contributed by atoms with Gasteiger partial charge in [0, 0.05) is 0 Å². The van der Waals surface area contributed by atoms with Crippen molar-refractivity contribution in [2.24, 2.45) is 0 Å². The first-order valence-electron chi connectivity index (χ1n) is 6.93. The predicted octanol–water partition coefficient (Wildman–Crippen LogP) is 6.36. The maximum atomic E-state index is 3.89. The second kappa shape index (κ2) is 11.9. The van der Waals surface area contributed by atoms with Crippen LogP contribution in [-0.4, -0.2) is 0 Å². The first kappa shape index (κ1) is 19.1. The van der Waals surface area contributed by atoms with Gasteiger partial charge in [0.05, 0.1) is 0 Å². The highest BCUT2D eigenvalue weighted by atomic mass is 14.1. The van der Waals surface area contributed by atoms with Crippen LogP contribution in [0.1, 0.15) is 0 Å². The monoisotopic (exact) mass is 288 g/mol. The molecule has 0 atom stereocenters. The van der Waals surface area contributed by atoms with Crippen LogP contribution in [-0.2, 0) is 0 Å². The van der Waals surface area contributed by atoms with E-state index in [4.69, 9.17) is 0 Å². The third-order valence-electron chi connectivity index (χ3n) is 2.76. The third-order valence-corrected chi connectivity index (χ3v) is 2.76. The van der Waals surface area contributed by atoms with Gasteiger partial charge in [0.15, 0.2) is 0 Å². The van der Waals surface area contributed by atoms with Crippen molar-refractivity contribution in [2.75, 3.05) is 0 Å². The van der Waals surface area contributed by atoms with Crippen LogP contribution in [0.3, 0.4) is 0 Å². The number of hydrogen-bond donors (Lipinski definition) is 0. The summed E-state index contributed by atoms with van der Waals surface area (Å²) in [7, 11) is 0. The summed E-state index contributed by atoms with van der Waals surface area (Å²) in [4.78, 5) is 0. The molecule has 0 aromatic heterocycles. The lowest BCUT2D eigenvalue weighted by Gasteiger charge is -2.06. The molecule has 0 nitrogen and oxygen atoms in total. The topological polar surface area (TPSA) is 0 Å². The Kier molecular flexibility index (Phi) is 10.4. The molecule has 0 aromatic rings. The molecule has 0 heteroatoms. The van der Waals surface area contributed by atoms with E-state index in [1.807, 2.05) is 36.5 Å². The average molecular weight is 288 g/mol. The van der Waals surface area contributed by atoms with E-state index in [9.17, 15) is 0 Å². The maximum absolute atomic E-state index is 3.89. The van der Waals surface area contributed by atoms with Crippen LogP contribution in [0.5, 0.6) is 0 Å². The molecule has 0 aliphatic heterocycles. The molecule has 0 fully saturated rings. The summed E-state index contributed by atoms with van der Waals surface area (Å²) in [5.74, 6) is 0. The fourth-order valence-corrected chi connectivity index (χ4v) is 1.69. The quantitative estimate of drug-likeness (QED) is 0.410. The Bertz CT molecular complexity index is 586. The minimum absolute atomic E-state index is 0.933. The Morgan fingerprint density at radius 2 is 1.14 bits per heavy atom. The van der Waals surface area contributed by atoms with Crippen LogP contribution in [0.25, 0.3) is 0 Å². The van der Waals surface area contributed by atoms with Crippen LogP contribution >= 0.6 is 0 Å². The summed E-state index contributed by atoms with van der Waals surface area (Å²) < 4.78 is 0. The highest BCUT2D eigenvalue weighted by molar-refractivity contribution is 5.55. The van der Waals surface area contributed by atoms with E-state index in [2.05, 4.69) is 39.5 Å². The van der Waals surface area contributed by atoms with Gasteiger partial charge in [-0.05, 0) is 28.4 Å². The normalized spacial score (nSPS) is 12.0. The zero-order valence-electron chi connectivity index (χ0n) is 13.2. The van der Waals surface area contributed by atoms with Crippen molar-refractivity contribution in [1.29, 1.82) is 0 Å². The van der Waals surface area contributed by atoms with Crippen molar-refractivity contribution >= 4 is 0 Å². The molecule has 0 aliphatic rings. The van der Waals surface area contributed by atoms with Crippen LogP contribution in [0.15, 0.2) is 135 Å². The second-order valence-corrected chi connectivity index (χ2v) is 4.17. The van der Waals surface area contributed by atoms with Crippen molar-refractivity contribution in [3.63, 3.8) is 0 Å². The molecule has 0 bridgehead atoms. The molecule has 0 aromatic carbocycles. The van der Waals surface area contributed by atoms with Crippen LogP contribution in [0.4, 0.5) is 0 Å². The number of allylic oxidation sites excluding steroid dienone is 16. The smallest absolute Gasteiger partial charge is 0.0178 e. The van der Waals surface area contributed by atoms with Gasteiger partial charge in [-0.1, -0.05) is 106 Å². The van der Waals surface area contributed by atoms with Crippen molar-refractivity contribution in [1.82, 2.24) is 0 Å². The zero-order valence-corrected chi connectivity index (χ0v) is 13.2.